The van der Waals surface area contributed by atoms with Crippen LogP contribution in [0.3, 0.4) is 0 Å². The summed E-state index contributed by atoms with van der Waals surface area (Å²) in [5, 5.41) is 9.58. The maximum absolute atomic E-state index is 11.8. The summed E-state index contributed by atoms with van der Waals surface area (Å²) in [4.78, 5) is 32.5. The summed E-state index contributed by atoms with van der Waals surface area (Å²) < 4.78 is 0. The summed E-state index contributed by atoms with van der Waals surface area (Å²) in [5.74, 6) is 0.594. The molecule has 1 unspecified atom stereocenters. The van der Waals surface area contributed by atoms with Crippen molar-refractivity contribution in [2.24, 2.45) is 11.3 Å². The molecule has 1 aromatic rings. The molecule has 1 saturated heterocycles. The van der Waals surface area contributed by atoms with Gasteiger partial charge in [0.05, 0.1) is 5.41 Å². The van der Waals surface area contributed by atoms with Crippen molar-refractivity contribution in [1.82, 2.24) is 9.97 Å². The Bertz CT molecular complexity index is 594. The first-order valence-corrected chi connectivity index (χ1v) is 7.36. The van der Waals surface area contributed by atoms with Gasteiger partial charge in [-0.2, -0.15) is 0 Å². The molecule has 1 aliphatic rings. The first kappa shape index (κ1) is 15.5. The number of hydrogen-bond acceptors (Lipinski definition) is 4. The number of hydrogen-bond donors (Lipinski definition) is 2. The highest BCUT2D eigenvalue weighted by molar-refractivity contribution is 5.77. The number of carboxylic acid groups (broad SMARTS) is 1. The Morgan fingerprint density at radius 2 is 2.10 bits per heavy atom. The molecule has 1 aliphatic heterocycles. The van der Waals surface area contributed by atoms with E-state index in [4.69, 9.17) is 0 Å². The first-order valence-electron chi connectivity index (χ1n) is 7.36. The van der Waals surface area contributed by atoms with Gasteiger partial charge in [-0.25, -0.2) is 4.98 Å². The van der Waals surface area contributed by atoms with E-state index in [2.05, 4.69) is 9.97 Å². The fraction of sp³-hybridized carbons (Fsp3) is 0.667. The van der Waals surface area contributed by atoms with Gasteiger partial charge in [0.25, 0.3) is 5.56 Å². The highest BCUT2D eigenvalue weighted by atomic mass is 16.4. The number of carboxylic acids is 1. The molecule has 6 nitrogen and oxygen atoms in total. The monoisotopic (exact) mass is 293 g/mol. The first-order chi connectivity index (χ1) is 9.76. The van der Waals surface area contributed by atoms with Gasteiger partial charge in [-0.3, -0.25) is 9.59 Å². The second-order valence-corrected chi connectivity index (χ2v) is 6.43. The van der Waals surface area contributed by atoms with Gasteiger partial charge in [-0.1, -0.05) is 27.7 Å². The van der Waals surface area contributed by atoms with Crippen LogP contribution in [0.15, 0.2) is 10.9 Å². The predicted octanol–water partition coefficient (Wildman–Crippen LogP) is 1.83. The Morgan fingerprint density at radius 3 is 2.57 bits per heavy atom. The minimum absolute atomic E-state index is 0.0339. The Labute approximate surface area is 124 Å². The molecule has 2 heterocycles. The maximum Gasteiger partial charge on any atom is 0.311 e. The Hall–Kier alpha value is -1.85. The van der Waals surface area contributed by atoms with E-state index < -0.39 is 11.4 Å². The van der Waals surface area contributed by atoms with Crippen LogP contribution in [0, 0.1) is 11.3 Å². The van der Waals surface area contributed by atoms with Crippen LogP contribution >= 0.6 is 0 Å². The summed E-state index contributed by atoms with van der Waals surface area (Å²) >= 11 is 0. The average molecular weight is 293 g/mol. The molecule has 1 fully saturated rings. The van der Waals surface area contributed by atoms with Crippen molar-refractivity contribution in [3.63, 3.8) is 0 Å². The van der Waals surface area contributed by atoms with E-state index in [0.29, 0.717) is 31.2 Å². The van der Waals surface area contributed by atoms with Crippen LogP contribution in [0.25, 0.3) is 0 Å². The third-order valence-electron chi connectivity index (χ3n) is 4.45. The molecule has 0 saturated carbocycles. The van der Waals surface area contributed by atoms with E-state index in [1.807, 2.05) is 32.6 Å². The van der Waals surface area contributed by atoms with Gasteiger partial charge in [-0.15, -0.1) is 0 Å². The fourth-order valence-corrected chi connectivity index (χ4v) is 2.82. The van der Waals surface area contributed by atoms with Crippen molar-refractivity contribution in [2.45, 2.75) is 40.0 Å². The lowest BCUT2D eigenvalue weighted by atomic mass is 9.76. The molecule has 21 heavy (non-hydrogen) atoms. The molecule has 1 atom stereocenters. The number of carbonyl (C=O) groups is 1. The quantitative estimate of drug-likeness (QED) is 0.884. The van der Waals surface area contributed by atoms with Crippen molar-refractivity contribution in [3.05, 3.63) is 22.2 Å². The molecule has 1 aromatic heterocycles. The lowest BCUT2D eigenvalue weighted by Gasteiger charge is -2.29. The molecule has 0 spiro atoms. The van der Waals surface area contributed by atoms with Crippen LogP contribution in [-0.2, 0) is 4.79 Å². The van der Waals surface area contributed by atoms with E-state index >= 15 is 0 Å². The number of anilines is 1. The zero-order valence-corrected chi connectivity index (χ0v) is 13.0. The molecular formula is C15H23N3O3. The zero-order chi connectivity index (χ0) is 15.8. The van der Waals surface area contributed by atoms with Gasteiger partial charge in [0.2, 0.25) is 0 Å². The van der Waals surface area contributed by atoms with E-state index in [-0.39, 0.29) is 17.4 Å². The Morgan fingerprint density at radius 1 is 1.43 bits per heavy atom. The molecule has 0 aliphatic carbocycles. The lowest BCUT2D eigenvalue weighted by molar-refractivity contribution is -0.150. The van der Waals surface area contributed by atoms with Crippen LogP contribution in [0.4, 0.5) is 5.82 Å². The smallest absolute Gasteiger partial charge is 0.311 e. The highest BCUT2D eigenvalue weighted by Crippen LogP contribution is 2.39. The van der Waals surface area contributed by atoms with Gasteiger partial charge in [0, 0.05) is 25.1 Å². The number of rotatable bonds is 4. The number of aliphatic carboxylic acids is 1. The molecule has 2 rings (SSSR count). The van der Waals surface area contributed by atoms with E-state index in [9.17, 15) is 14.7 Å². The topological polar surface area (TPSA) is 86.3 Å². The third kappa shape index (κ3) is 2.80. The molecule has 116 valence electrons. The summed E-state index contributed by atoms with van der Waals surface area (Å²) in [6.45, 7) is 8.79. The number of nitrogens with one attached hydrogen (secondary N) is 1. The van der Waals surface area contributed by atoms with E-state index in [1.165, 1.54) is 6.07 Å². The maximum atomic E-state index is 11.8. The van der Waals surface area contributed by atoms with Crippen molar-refractivity contribution >= 4 is 11.8 Å². The van der Waals surface area contributed by atoms with Gasteiger partial charge in [0.15, 0.2) is 0 Å². The molecular weight excluding hydrogens is 270 g/mol. The normalized spacial score (nSPS) is 22.3. The standard InChI is InChI=1S/C15H23N3O3/c1-9(2)13-16-11(7-12(19)17-13)18-6-5-15(8-18,10(3)4)14(20)21/h7,9-10H,5-6,8H2,1-4H3,(H,20,21)(H,16,17,19). The number of nitrogens with zero attached hydrogens (tertiary/aromatic N) is 2. The molecule has 2 N–H and O–H groups in total. The summed E-state index contributed by atoms with van der Waals surface area (Å²) in [5.41, 5.74) is -0.955. The Kier molecular flexibility index (Phi) is 4.07. The lowest BCUT2D eigenvalue weighted by Crippen LogP contribution is -2.39. The number of aromatic amines is 1. The van der Waals surface area contributed by atoms with Gasteiger partial charge in [-0.05, 0) is 12.3 Å². The fourth-order valence-electron chi connectivity index (χ4n) is 2.82. The van der Waals surface area contributed by atoms with E-state index in [0.717, 1.165) is 0 Å². The van der Waals surface area contributed by atoms with Crippen LogP contribution in [0.2, 0.25) is 0 Å². The minimum Gasteiger partial charge on any atom is -0.481 e. The highest BCUT2D eigenvalue weighted by Gasteiger charge is 2.47. The van der Waals surface area contributed by atoms with Crippen LogP contribution in [0.1, 0.15) is 45.9 Å². The average Bonchev–Trinajstić information content (AvgIpc) is 2.84. The second-order valence-electron chi connectivity index (χ2n) is 6.43. The molecule has 6 heteroatoms. The zero-order valence-electron chi connectivity index (χ0n) is 13.0. The second kappa shape index (κ2) is 5.50. The van der Waals surface area contributed by atoms with Crippen LogP contribution < -0.4 is 10.5 Å². The SMILES string of the molecule is CC(C)c1nc(N2CCC(C(=O)O)(C(C)C)C2)cc(=O)[nH]1. The summed E-state index contributed by atoms with van der Waals surface area (Å²) in [6.07, 6.45) is 0.575. The van der Waals surface area contributed by atoms with Crippen LogP contribution in [0.5, 0.6) is 0 Å². The summed E-state index contributed by atoms with van der Waals surface area (Å²) in [7, 11) is 0. The van der Waals surface area contributed by atoms with Crippen LogP contribution in [-0.4, -0.2) is 34.1 Å². The molecule has 0 amide bonds. The van der Waals surface area contributed by atoms with Crippen molar-refractivity contribution in [3.8, 4) is 0 Å². The Balaban J connectivity index is 2.33. The van der Waals surface area contributed by atoms with Crippen molar-refractivity contribution in [1.29, 1.82) is 0 Å². The molecule has 0 aromatic carbocycles. The molecule has 0 radical (unpaired) electrons. The van der Waals surface area contributed by atoms with E-state index in [1.54, 1.807) is 0 Å². The third-order valence-corrected chi connectivity index (χ3v) is 4.45. The predicted molar refractivity (Wildman–Crippen MR) is 80.7 cm³/mol. The van der Waals surface area contributed by atoms with Gasteiger partial charge >= 0.3 is 5.97 Å². The molecule has 0 bridgehead atoms. The number of H-pyrrole nitrogens is 1. The van der Waals surface area contributed by atoms with Crippen molar-refractivity contribution in [2.75, 3.05) is 18.0 Å². The number of aromatic nitrogens is 2. The van der Waals surface area contributed by atoms with Gasteiger partial charge < -0.3 is 15.0 Å². The summed E-state index contributed by atoms with van der Waals surface area (Å²) in [6, 6.07) is 1.45. The van der Waals surface area contributed by atoms with Gasteiger partial charge in [0.1, 0.15) is 11.6 Å². The van der Waals surface area contributed by atoms with Crippen molar-refractivity contribution < 1.29 is 9.90 Å². The minimum atomic E-state index is -0.770. The largest absolute Gasteiger partial charge is 0.481 e.